The van der Waals surface area contributed by atoms with E-state index in [1.807, 2.05) is 44.2 Å². The van der Waals surface area contributed by atoms with E-state index >= 15 is 0 Å². The van der Waals surface area contributed by atoms with Crippen LogP contribution in [0.1, 0.15) is 25.0 Å². The average molecular weight is 422 g/mol. The van der Waals surface area contributed by atoms with E-state index in [1.165, 1.54) is 18.2 Å². The van der Waals surface area contributed by atoms with Gasteiger partial charge in [0.05, 0.1) is 18.8 Å². The summed E-state index contributed by atoms with van der Waals surface area (Å²) in [5.41, 5.74) is 1.09. The van der Waals surface area contributed by atoms with Crippen LogP contribution in [0.4, 0.5) is 4.39 Å². The zero-order valence-corrected chi connectivity index (χ0v) is 17.8. The fourth-order valence-corrected chi connectivity index (χ4v) is 3.53. The molecule has 0 aliphatic heterocycles. The molecule has 158 valence electrons. The number of guanidine groups is 1. The monoisotopic (exact) mass is 421 g/mol. The molecule has 0 radical (unpaired) electrons. The van der Waals surface area contributed by atoms with Gasteiger partial charge in [-0.05, 0) is 49.2 Å². The number of nitrogens with zero attached hydrogens (tertiary/aromatic N) is 1. The van der Waals surface area contributed by atoms with Gasteiger partial charge in [-0.1, -0.05) is 24.3 Å². The Morgan fingerprint density at radius 1 is 1.14 bits per heavy atom. The van der Waals surface area contributed by atoms with Gasteiger partial charge in [-0.2, -0.15) is 0 Å². The molecule has 1 atom stereocenters. The summed E-state index contributed by atoms with van der Waals surface area (Å²) >= 11 is 0. The molecule has 0 spiro atoms. The smallest absolute Gasteiger partial charge is 0.191 e. The van der Waals surface area contributed by atoms with Crippen LogP contribution in [0.3, 0.4) is 0 Å². The van der Waals surface area contributed by atoms with Crippen LogP contribution in [0.2, 0.25) is 0 Å². The molecule has 8 heteroatoms. The van der Waals surface area contributed by atoms with Gasteiger partial charge in [-0.3, -0.25) is 0 Å². The van der Waals surface area contributed by atoms with Crippen molar-refractivity contribution >= 4 is 15.8 Å². The van der Waals surface area contributed by atoms with Crippen molar-refractivity contribution in [2.24, 2.45) is 4.99 Å². The largest absolute Gasteiger partial charge is 0.489 e. The quantitative estimate of drug-likeness (QED) is 0.481. The Kier molecular flexibility index (Phi) is 8.45. The van der Waals surface area contributed by atoms with Crippen molar-refractivity contribution in [2.75, 3.05) is 19.3 Å². The number of nitrogens with one attached hydrogen (secondary N) is 2. The molecule has 0 amide bonds. The molecule has 0 saturated heterocycles. The lowest BCUT2D eigenvalue weighted by atomic mass is 10.1. The van der Waals surface area contributed by atoms with Crippen LogP contribution in [-0.2, 0) is 22.1 Å². The third kappa shape index (κ3) is 8.51. The Bertz CT molecular complexity index is 918. The molecule has 0 saturated carbocycles. The number of ether oxygens (including phenoxy) is 1. The summed E-state index contributed by atoms with van der Waals surface area (Å²) in [4.78, 5) is 4.47. The molecule has 0 heterocycles. The highest BCUT2D eigenvalue weighted by Gasteiger charge is 2.11. The maximum absolute atomic E-state index is 13.7. The van der Waals surface area contributed by atoms with Crippen LogP contribution in [-0.4, -0.2) is 39.8 Å². The van der Waals surface area contributed by atoms with Crippen LogP contribution in [0, 0.1) is 5.82 Å². The number of benzene rings is 2. The molecule has 1 unspecified atom stereocenters. The fourth-order valence-electron chi connectivity index (χ4n) is 2.68. The van der Waals surface area contributed by atoms with Crippen molar-refractivity contribution < 1.29 is 17.5 Å². The maximum Gasteiger partial charge on any atom is 0.191 e. The SMILES string of the molecule is CCNC(=NCc1cc(F)ccc1CS(C)(=O)=O)NCC(C)Oc1ccccc1. The molecule has 2 rings (SSSR count). The summed E-state index contributed by atoms with van der Waals surface area (Å²) in [6, 6.07) is 13.6. The second-order valence-corrected chi connectivity index (χ2v) is 8.94. The van der Waals surface area contributed by atoms with E-state index in [-0.39, 0.29) is 18.4 Å². The van der Waals surface area contributed by atoms with Gasteiger partial charge in [0.2, 0.25) is 0 Å². The molecular formula is C21H28FN3O3S. The van der Waals surface area contributed by atoms with Gasteiger partial charge >= 0.3 is 0 Å². The standard InChI is InChI=1S/C21H28FN3O3S/c1-4-23-21(24-13-16(2)28-20-8-6-5-7-9-20)25-14-18-12-19(22)11-10-17(18)15-29(3,26)27/h5-12,16H,4,13-15H2,1-3H3,(H2,23,24,25). The Morgan fingerprint density at radius 2 is 1.86 bits per heavy atom. The predicted molar refractivity (Wildman–Crippen MR) is 114 cm³/mol. The van der Waals surface area contributed by atoms with Crippen molar-refractivity contribution in [3.05, 3.63) is 65.5 Å². The molecule has 0 aromatic heterocycles. The molecule has 0 aliphatic carbocycles. The molecule has 0 fully saturated rings. The second kappa shape index (κ2) is 10.8. The lowest BCUT2D eigenvalue weighted by molar-refractivity contribution is 0.224. The van der Waals surface area contributed by atoms with Gasteiger partial charge in [0.15, 0.2) is 15.8 Å². The molecule has 29 heavy (non-hydrogen) atoms. The highest BCUT2D eigenvalue weighted by molar-refractivity contribution is 7.89. The van der Waals surface area contributed by atoms with Crippen molar-refractivity contribution in [3.63, 3.8) is 0 Å². The number of hydrogen-bond acceptors (Lipinski definition) is 4. The summed E-state index contributed by atoms with van der Waals surface area (Å²) in [6.45, 7) is 5.21. The lowest BCUT2D eigenvalue weighted by Gasteiger charge is -2.18. The summed E-state index contributed by atoms with van der Waals surface area (Å²) in [7, 11) is -3.23. The van der Waals surface area contributed by atoms with Gasteiger partial charge in [-0.25, -0.2) is 17.8 Å². The molecule has 2 aromatic rings. The normalized spacial score (nSPS) is 13.0. The van der Waals surface area contributed by atoms with Gasteiger partial charge < -0.3 is 15.4 Å². The van der Waals surface area contributed by atoms with Crippen LogP contribution in [0.5, 0.6) is 5.75 Å². The van der Waals surface area contributed by atoms with E-state index in [0.717, 1.165) is 12.0 Å². The van der Waals surface area contributed by atoms with Crippen LogP contribution in [0.15, 0.2) is 53.5 Å². The minimum atomic E-state index is -3.23. The maximum atomic E-state index is 13.7. The van der Waals surface area contributed by atoms with E-state index in [9.17, 15) is 12.8 Å². The number of para-hydroxylation sites is 1. The van der Waals surface area contributed by atoms with E-state index in [1.54, 1.807) is 0 Å². The third-order valence-electron chi connectivity index (χ3n) is 3.98. The van der Waals surface area contributed by atoms with E-state index < -0.39 is 15.7 Å². The Labute approximate surface area is 172 Å². The first-order valence-corrected chi connectivity index (χ1v) is 11.5. The topological polar surface area (TPSA) is 79.8 Å². The van der Waals surface area contributed by atoms with Crippen molar-refractivity contribution in [2.45, 2.75) is 32.2 Å². The number of hydrogen-bond donors (Lipinski definition) is 2. The minimum absolute atomic E-state index is 0.101. The fraction of sp³-hybridized carbons (Fsp3) is 0.381. The predicted octanol–water partition coefficient (Wildman–Crippen LogP) is 2.89. The third-order valence-corrected chi connectivity index (χ3v) is 4.81. The Morgan fingerprint density at radius 3 is 2.52 bits per heavy atom. The Balaban J connectivity index is 2.04. The van der Waals surface area contributed by atoms with Gasteiger partial charge in [0.1, 0.15) is 17.7 Å². The summed E-state index contributed by atoms with van der Waals surface area (Å²) in [6.07, 6.45) is 1.06. The zero-order chi connectivity index (χ0) is 21.3. The van der Waals surface area contributed by atoms with Crippen molar-refractivity contribution in [3.8, 4) is 5.75 Å². The zero-order valence-electron chi connectivity index (χ0n) is 17.0. The summed E-state index contributed by atoms with van der Waals surface area (Å²) < 4.78 is 42.8. The molecule has 0 aliphatic rings. The van der Waals surface area contributed by atoms with E-state index in [4.69, 9.17) is 4.74 Å². The van der Waals surface area contributed by atoms with E-state index in [2.05, 4.69) is 15.6 Å². The van der Waals surface area contributed by atoms with Crippen molar-refractivity contribution in [1.82, 2.24) is 10.6 Å². The number of halogens is 1. The first kappa shape index (κ1) is 22.7. The molecule has 0 bridgehead atoms. The molecular weight excluding hydrogens is 393 g/mol. The highest BCUT2D eigenvalue weighted by atomic mass is 32.2. The number of aliphatic imine (C=N–C) groups is 1. The summed E-state index contributed by atoms with van der Waals surface area (Å²) in [5, 5.41) is 6.32. The van der Waals surface area contributed by atoms with Gasteiger partial charge in [0.25, 0.3) is 0 Å². The summed E-state index contributed by atoms with van der Waals surface area (Å²) in [5.74, 6) is 0.763. The highest BCUT2D eigenvalue weighted by Crippen LogP contribution is 2.15. The number of sulfone groups is 1. The minimum Gasteiger partial charge on any atom is -0.489 e. The van der Waals surface area contributed by atoms with Crippen molar-refractivity contribution in [1.29, 1.82) is 0 Å². The number of rotatable bonds is 9. The first-order chi connectivity index (χ1) is 13.8. The van der Waals surface area contributed by atoms with Crippen LogP contribution < -0.4 is 15.4 Å². The van der Waals surface area contributed by atoms with E-state index in [0.29, 0.717) is 30.2 Å². The lowest BCUT2D eigenvalue weighted by Crippen LogP contribution is -2.41. The van der Waals surface area contributed by atoms with Gasteiger partial charge in [-0.15, -0.1) is 0 Å². The van der Waals surface area contributed by atoms with Crippen LogP contribution >= 0.6 is 0 Å². The first-order valence-electron chi connectivity index (χ1n) is 9.45. The second-order valence-electron chi connectivity index (χ2n) is 6.80. The molecule has 6 nitrogen and oxygen atoms in total. The Hall–Kier alpha value is -2.61. The average Bonchev–Trinajstić information content (AvgIpc) is 2.65. The molecule has 2 aromatic carbocycles. The molecule has 2 N–H and O–H groups in total. The van der Waals surface area contributed by atoms with Gasteiger partial charge in [0, 0.05) is 12.8 Å². The van der Waals surface area contributed by atoms with Crippen LogP contribution in [0.25, 0.3) is 0 Å².